The number of nitrogens with one attached hydrogen (secondary N) is 2. The van der Waals surface area contributed by atoms with E-state index in [-0.39, 0.29) is 5.82 Å². The fraction of sp³-hybridized carbons (Fsp3) is 0.611. The zero-order chi connectivity index (χ0) is 17.6. The van der Waals surface area contributed by atoms with E-state index >= 15 is 0 Å². The molecule has 4 nitrogen and oxygen atoms in total. The monoisotopic (exact) mass is 352 g/mol. The molecule has 1 fully saturated rings. The van der Waals surface area contributed by atoms with Gasteiger partial charge in [-0.3, -0.25) is 4.99 Å². The summed E-state index contributed by atoms with van der Waals surface area (Å²) in [5, 5.41) is 6.74. The summed E-state index contributed by atoms with van der Waals surface area (Å²) in [5.41, 5.74) is 1.77. The number of halogens is 1. The quantitative estimate of drug-likeness (QED) is 0.610. The number of hydrogen-bond donors (Lipinski definition) is 2. The number of nitrogens with zero attached hydrogens (tertiary/aromatic N) is 2. The van der Waals surface area contributed by atoms with Gasteiger partial charge in [0, 0.05) is 37.0 Å². The molecule has 1 aliphatic rings. The second-order valence-corrected chi connectivity index (χ2v) is 8.53. The van der Waals surface area contributed by atoms with E-state index in [2.05, 4.69) is 22.5 Å². The molecule has 0 aliphatic carbocycles. The second-order valence-electron chi connectivity index (χ2n) is 6.84. The minimum absolute atomic E-state index is 0.152. The summed E-state index contributed by atoms with van der Waals surface area (Å²) in [5.74, 6) is 1.89. The molecule has 1 aromatic carbocycles. The highest BCUT2D eigenvalue weighted by atomic mass is 32.2. The van der Waals surface area contributed by atoms with Crippen molar-refractivity contribution >= 4 is 17.7 Å². The Hall–Kier alpha value is -1.27. The van der Waals surface area contributed by atoms with Crippen molar-refractivity contribution in [3.8, 4) is 0 Å². The van der Waals surface area contributed by atoms with Crippen molar-refractivity contribution in [1.82, 2.24) is 15.5 Å². The van der Waals surface area contributed by atoms with Gasteiger partial charge >= 0.3 is 0 Å². The fourth-order valence-corrected chi connectivity index (χ4v) is 4.10. The van der Waals surface area contributed by atoms with Gasteiger partial charge in [0.1, 0.15) is 5.82 Å². The zero-order valence-corrected chi connectivity index (χ0v) is 16.0. The summed E-state index contributed by atoms with van der Waals surface area (Å²) in [6, 6.07) is 5.29. The summed E-state index contributed by atoms with van der Waals surface area (Å²) in [6.45, 7) is 4.44. The van der Waals surface area contributed by atoms with Gasteiger partial charge in [-0.15, -0.1) is 0 Å². The third-order valence-corrected chi connectivity index (χ3v) is 5.75. The van der Waals surface area contributed by atoms with Gasteiger partial charge < -0.3 is 15.5 Å². The van der Waals surface area contributed by atoms with Gasteiger partial charge in [0.15, 0.2) is 5.96 Å². The van der Waals surface area contributed by atoms with E-state index in [1.807, 2.05) is 42.9 Å². The predicted octanol–water partition coefficient (Wildman–Crippen LogP) is 2.84. The summed E-state index contributed by atoms with van der Waals surface area (Å²) < 4.78 is 14.1. The van der Waals surface area contributed by atoms with Crippen molar-refractivity contribution in [2.24, 2.45) is 4.99 Å². The molecular weight excluding hydrogens is 323 g/mol. The smallest absolute Gasteiger partial charge is 0.191 e. The highest BCUT2D eigenvalue weighted by Gasteiger charge is 2.29. The number of hydrogen-bond acceptors (Lipinski definition) is 3. The Kier molecular flexibility index (Phi) is 6.92. The number of guanidine groups is 1. The molecule has 0 radical (unpaired) electrons. The molecule has 1 saturated heterocycles. The molecule has 1 aromatic rings. The summed E-state index contributed by atoms with van der Waals surface area (Å²) in [7, 11) is 5.66. The van der Waals surface area contributed by atoms with E-state index < -0.39 is 0 Å². The molecule has 2 N–H and O–H groups in total. The Morgan fingerprint density at radius 2 is 2.17 bits per heavy atom. The molecule has 24 heavy (non-hydrogen) atoms. The molecule has 1 unspecified atom stereocenters. The maximum Gasteiger partial charge on any atom is 0.191 e. The van der Waals surface area contributed by atoms with Crippen LogP contribution in [0.4, 0.5) is 4.39 Å². The SMILES string of the molecule is CN=C(NCc1ccc(F)c(CN(C)C)c1)NCC1(C)CCCS1. The van der Waals surface area contributed by atoms with Gasteiger partial charge in [-0.05, 0) is 57.3 Å². The largest absolute Gasteiger partial charge is 0.355 e. The Morgan fingerprint density at radius 3 is 2.79 bits per heavy atom. The maximum absolute atomic E-state index is 13.8. The Labute approximate surface area is 149 Å². The first kappa shape index (κ1) is 19.1. The number of benzene rings is 1. The van der Waals surface area contributed by atoms with Crippen molar-refractivity contribution in [2.75, 3.05) is 33.4 Å². The van der Waals surface area contributed by atoms with Crippen LogP contribution in [0, 0.1) is 5.82 Å². The molecule has 6 heteroatoms. The summed E-state index contributed by atoms with van der Waals surface area (Å²) >= 11 is 2.03. The van der Waals surface area contributed by atoms with Crippen molar-refractivity contribution in [3.05, 3.63) is 35.1 Å². The van der Waals surface area contributed by atoms with Gasteiger partial charge in [0.05, 0.1) is 0 Å². The average molecular weight is 353 g/mol. The molecule has 0 aromatic heterocycles. The third-order valence-electron chi connectivity index (χ3n) is 4.21. The average Bonchev–Trinajstić information content (AvgIpc) is 2.97. The Morgan fingerprint density at radius 1 is 1.38 bits per heavy atom. The highest BCUT2D eigenvalue weighted by Crippen LogP contribution is 2.36. The highest BCUT2D eigenvalue weighted by molar-refractivity contribution is 8.00. The molecule has 1 aliphatic heterocycles. The normalized spacial score (nSPS) is 21.3. The Bertz CT molecular complexity index is 568. The van der Waals surface area contributed by atoms with Crippen LogP contribution in [0.2, 0.25) is 0 Å². The minimum atomic E-state index is -0.152. The molecule has 134 valence electrons. The minimum Gasteiger partial charge on any atom is -0.355 e. The zero-order valence-electron chi connectivity index (χ0n) is 15.2. The lowest BCUT2D eigenvalue weighted by Crippen LogP contribution is -2.43. The van der Waals surface area contributed by atoms with Crippen LogP contribution in [-0.4, -0.2) is 49.0 Å². The van der Waals surface area contributed by atoms with Crippen LogP contribution < -0.4 is 10.6 Å². The van der Waals surface area contributed by atoms with Gasteiger partial charge in [0.25, 0.3) is 0 Å². The number of rotatable bonds is 6. The van der Waals surface area contributed by atoms with Crippen molar-refractivity contribution in [1.29, 1.82) is 0 Å². The first-order valence-corrected chi connectivity index (χ1v) is 9.41. The lowest BCUT2D eigenvalue weighted by molar-refractivity contribution is 0.392. The topological polar surface area (TPSA) is 39.7 Å². The van der Waals surface area contributed by atoms with Gasteiger partial charge in [-0.1, -0.05) is 6.07 Å². The van der Waals surface area contributed by atoms with Crippen LogP contribution in [0.3, 0.4) is 0 Å². The second kappa shape index (κ2) is 8.72. The van der Waals surface area contributed by atoms with E-state index in [0.717, 1.165) is 23.6 Å². The van der Waals surface area contributed by atoms with Gasteiger partial charge in [-0.2, -0.15) is 11.8 Å². The summed E-state index contributed by atoms with van der Waals surface area (Å²) in [4.78, 5) is 6.25. The standard InChI is InChI=1S/C18H29FN4S/c1-18(8-5-9-24-18)13-22-17(20-2)21-11-14-6-7-16(19)15(10-14)12-23(3)4/h6-7,10H,5,8-9,11-13H2,1-4H3,(H2,20,21,22). The first-order chi connectivity index (χ1) is 11.4. The van der Waals surface area contributed by atoms with Crippen molar-refractivity contribution in [2.45, 2.75) is 37.6 Å². The van der Waals surface area contributed by atoms with Crippen LogP contribution >= 0.6 is 11.8 Å². The van der Waals surface area contributed by atoms with Gasteiger partial charge in [-0.25, -0.2) is 4.39 Å². The molecule has 2 rings (SSSR count). The number of aliphatic imine (C=N–C) groups is 1. The molecule has 0 bridgehead atoms. The molecule has 1 atom stereocenters. The Balaban J connectivity index is 1.88. The first-order valence-electron chi connectivity index (χ1n) is 8.42. The van der Waals surface area contributed by atoms with Crippen LogP contribution in [0.1, 0.15) is 30.9 Å². The molecule has 0 saturated carbocycles. The van der Waals surface area contributed by atoms with Crippen LogP contribution in [0.5, 0.6) is 0 Å². The van der Waals surface area contributed by atoms with Crippen LogP contribution in [0.25, 0.3) is 0 Å². The van der Waals surface area contributed by atoms with E-state index in [9.17, 15) is 4.39 Å². The van der Waals surface area contributed by atoms with Gasteiger partial charge in [0.2, 0.25) is 0 Å². The van der Waals surface area contributed by atoms with Crippen molar-refractivity contribution in [3.63, 3.8) is 0 Å². The van der Waals surface area contributed by atoms with Crippen LogP contribution in [0.15, 0.2) is 23.2 Å². The van der Waals surface area contributed by atoms with E-state index in [4.69, 9.17) is 0 Å². The molecular formula is C18H29FN4S. The molecule has 0 amide bonds. The van der Waals surface area contributed by atoms with Crippen molar-refractivity contribution < 1.29 is 4.39 Å². The van der Waals surface area contributed by atoms with E-state index in [0.29, 0.717) is 17.8 Å². The maximum atomic E-state index is 13.8. The fourth-order valence-electron chi connectivity index (χ4n) is 2.85. The van der Waals surface area contributed by atoms with E-state index in [1.165, 1.54) is 18.6 Å². The molecule has 0 spiro atoms. The number of thioether (sulfide) groups is 1. The lowest BCUT2D eigenvalue weighted by atomic mass is 10.1. The third kappa shape index (κ3) is 5.67. The molecule has 1 heterocycles. The predicted molar refractivity (Wildman–Crippen MR) is 102 cm³/mol. The van der Waals surface area contributed by atoms with E-state index in [1.54, 1.807) is 13.1 Å². The van der Waals surface area contributed by atoms with Crippen LogP contribution in [-0.2, 0) is 13.1 Å². The lowest BCUT2D eigenvalue weighted by Gasteiger charge is -2.24. The summed E-state index contributed by atoms with van der Waals surface area (Å²) in [6.07, 6.45) is 2.53.